The van der Waals surface area contributed by atoms with Crippen LogP contribution in [0.15, 0.2) is 48.7 Å². The zero-order chi connectivity index (χ0) is 22.8. The number of carbonyl (C=O) groups is 3. The van der Waals surface area contributed by atoms with Crippen molar-refractivity contribution in [3.05, 3.63) is 54.2 Å². The number of rotatable bonds is 5. The number of aromatic amines is 1. The van der Waals surface area contributed by atoms with Crippen LogP contribution in [0.3, 0.4) is 0 Å². The predicted molar refractivity (Wildman–Crippen MR) is 125 cm³/mol. The third-order valence-corrected chi connectivity index (χ3v) is 6.21. The number of piperidine rings is 1. The van der Waals surface area contributed by atoms with Crippen LogP contribution in [0.2, 0.25) is 0 Å². The summed E-state index contributed by atoms with van der Waals surface area (Å²) in [6, 6.07) is 13.0. The summed E-state index contributed by atoms with van der Waals surface area (Å²) >= 11 is 0. The molecule has 2 aromatic carbocycles. The van der Waals surface area contributed by atoms with Crippen LogP contribution in [0.5, 0.6) is 5.75 Å². The predicted octanol–water partition coefficient (Wildman–Crippen LogP) is 3.09. The first-order valence-electron chi connectivity index (χ1n) is 11.3. The fourth-order valence-corrected chi connectivity index (χ4v) is 4.49. The summed E-state index contributed by atoms with van der Waals surface area (Å²) in [5.41, 5.74) is 2.95. The summed E-state index contributed by atoms with van der Waals surface area (Å²) in [6.45, 7) is 1.33. The average Bonchev–Trinajstić information content (AvgIpc) is 3.24. The number of anilines is 2. The van der Waals surface area contributed by atoms with Crippen molar-refractivity contribution >= 4 is 40.0 Å². The molecule has 33 heavy (non-hydrogen) atoms. The van der Waals surface area contributed by atoms with E-state index in [0.717, 1.165) is 48.8 Å². The Labute approximate surface area is 191 Å². The quantitative estimate of drug-likeness (QED) is 0.630. The van der Waals surface area contributed by atoms with Gasteiger partial charge in [-0.1, -0.05) is 18.2 Å². The zero-order valence-corrected chi connectivity index (χ0v) is 18.3. The van der Waals surface area contributed by atoms with Crippen LogP contribution in [-0.2, 0) is 20.8 Å². The minimum atomic E-state index is -0.268. The second-order valence-electron chi connectivity index (χ2n) is 8.48. The number of ether oxygens (including phenoxy) is 1. The Morgan fingerprint density at radius 3 is 2.73 bits per heavy atom. The second-order valence-corrected chi connectivity index (χ2v) is 8.48. The fourth-order valence-electron chi connectivity index (χ4n) is 4.49. The molecular weight excluding hydrogens is 420 g/mol. The van der Waals surface area contributed by atoms with Crippen LogP contribution < -0.4 is 15.0 Å². The maximum absolute atomic E-state index is 12.8. The molecule has 8 nitrogen and oxygen atoms in total. The van der Waals surface area contributed by atoms with E-state index in [-0.39, 0.29) is 37.3 Å². The summed E-state index contributed by atoms with van der Waals surface area (Å²) in [4.78, 5) is 44.6. The van der Waals surface area contributed by atoms with Gasteiger partial charge in [0.2, 0.25) is 11.8 Å². The van der Waals surface area contributed by atoms with Gasteiger partial charge in [-0.15, -0.1) is 0 Å². The maximum Gasteiger partial charge on any atom is 0.265 e. The van der Waals surface area contributed by atoms with E-state index in [1.54, 1.807) is 18.2 Å². The highest BCUT2D eigenvalue weighted by Gasteiger charge is 2.29. The molecule has 2 aliphatic rings. The molecule has 2 aliphatic heterocycles. The third-order valence-electron chi connectivity index (χ3n) is 6.21. The van der Waals surface area contributed by atoms with Crippen LogP contribution in [0.4, 0.5) is 11.4 Å². The number of fused-ring (bicyclic) bond motifs is 2. The summed E-state index contributed by atoms with van der Waals surface area (Å²) in [7, 11) is 0. The van der Waals surface area contributed by atoms with E-state index in [2.05, 4.69) is 10.3 Å². The molecular formula is C25H26N4O4. The maximum atomic E-state index is 12.8. The van der Waals surface area contributed by atoms with Gasteiger partial charge >= 0.3 is 0 Å². The molecule has 0 saturated carbocycles. The van der Waals surface area contributed by atoms with Crippen molar-refractivity contribution < 1.29 is 19.1 Å². The number of H-pyrrole nitrogens is 1. The molecule has 8 heteroatoms. The normalized spacial score (nSPS) is 15.8. The van der Waals surface area contributed by atoms with Crippen LogP contribution >= 0.6 is 0 Å². The SMILES string of the molecule is O=C(Cc1c[nH]c2ccccc12)Nc1ccc2c(c1)N(CC(=O)N1CCCCC1)C(=O)CO2. The van der Waals surface area contributed by atoms with Crippen molar-refractivity contribution in [1.29, 1.82) is 0 Å². The molecule has 3 amide bonds. The molecule has 1 saturated heterocycles. The van der Waals surface area contributed by atoms with Gasteiger partial charge in [-0.25, -0.2) is 0 Å². The van der Waals surface area contributed by atoms with Crippen LogP contribution in [0.25, 0.3) is 10.9 Å². The number of aromatic nitrogens is 1. The first-order valence-corrected chi connectivity index (χ1v) is 11.3. The summed E-state index contributed by atoms with van der Waals surface area (Å²) in [5, 5.41) is 3.92. The second kappa shape index (κ2) is 8.97. The van der Waals surface area contributed by atoms with Crippen molar-refractivity contribution in [3.8, 4) is 5.75 Å². The number of para-hydroxylation sites is 1. The first kappa shape index (κ1) is 21.1. The van der Waals surface area contributed by atoms with Gasteiger partial charge < -0.3 is 19.9 Å². The molecule has 3 aromatic rings. The van der Waals surface area contributed by atoms with Gasteiger partial charge in [-0.05, 0) is 49.1 Å². The summed E-state index contributed by atoms with van der Waals surface area (Å²) in [5.74, 6) is 0.0224. The van der Waals surface area contributed by atoms with E-state index < -0.39 is 0 Å². The van der Waals surface area contributed by atoms with Gasteiger partial charge in [0.1, 0.15) is 12.3 Å². The molecule has 0 unspecified atom stereocenters. The molecule has 1 aromatic heterocycles. The molecule has 1 fully saturated rings. The number of hydrogen-bond donors (Lipinski definition) is 2. The lowest BCUT2D eigenvalue weighted by Crippen LogP contribution is -2.47. The number of nitrogens with zero attached hydrogens (tertiary/aromatic N) is 2. The van der Waals surface area contributed by atoms with E-state index in [9.17, 15) is 14.4 Å². The molecule has 3 heterocycles. The highest BCUT2D eigenvalue weighted by atomic mass is 16.5. The van der Waals surface area contributed by atoms with Gasteiger partial charge in [0.15, 0.2) is 6.61 Å². The van der Waals surface area contributed by atoms with Crippen LogP contribution in [-0.4, -0.2) is 53.8 Å². The standard InChI is InChI=1S/C25H26N4O4/c30-23(12-17-14-26-20-7-3-2-6-19(17)20)27-18-8-9-22-21(13-18)29(25(32)16-33-22)15-24(31)28-10-4-1-5-11-28/h2-3,6-9,13-14,26H,1,4-5,10-12,15-16H2,(H,27,30). The fraction of sp³-hybridized carbons (Fsp3) is 0.320. The molecule has 0 bridgehead atoms. The van der Waals surface area contributed by atoms with E-state index in [1.165, 1.54) is 4.90 Å². The van der Waals surface area contributed by atoms with E-state index in [0.29, 0.717) is 17.1 Å². The van der Waals surface area contributed by atoms with Crippen molar-refractivity contribution in [2.24, 2.45) is 0 Å². The summed E-state index contributed by atoms with van der Waals surface area (Å²) < 4.78 is 5.55. The van der Waals surface area contributed by atoms with Crippen LogP contribution in [0.1, 0.15) is 24.8 Å². The smallest absolute Gasteiger partial charge is 0.265 e. The number of nitrogens with one attached hydrogen (secondary N) is 2. The van der Waals surface area contributed by atoms with Crippen molar-refractivity contribution in [3.63, 3.8) is 0 Å². The Bertz CT molecular complexity index is 1210. The number of likely N-dealkylation sites (tertiary alicyclic amines) is 1. The Balaban J connectivity index is 1.31. The molecule has 0 spiro atoms. The average molecular weight is 447 g/mol. The minimum absolute atomic E-state index is 0.0259. The molecule has 5 rings (SSSR count). The molecule has 0 radical (unpaired) electrons. The monoisotopic (exact) mass is 446 g/mol. The topological polar surface area (TPSA) is 94.7 Å². The largest absolute Gasteiger partial charge is 0.482 e. The number of hydrogen-bond acceptors (Lipinski definition) is 4. The van der Waals surface area contributed by atoms with Gasteiger partial charge in [0.05, 0.1) is 12.1 Å². The number of carbonyl (C=O) groups excluding carboxylic acids is 3. The highest BCUT2D eigenvalue weighted by molar-refractivity contribution is 6.03. The Kier molecular flexibility index (Phi) is 5.73. The highest BCUT2D eigenvalue weighted by Crippen LogP contribution is 2.35. The Morgan fingerprint density at radius 1 is 1.06 bits per heavy atom. The number of amides is 3. The Morgan fingerprint density at radius 2 is 1.88 bits per heavy atom. The van der Waals surface area contributed by atoms with Crippen molar-refractivity contribution in [2.75, 3.05) is 36.5 Å². The lowest BCUT2D eigenvalue weighted by Gasteiger charge is -2.33. The van der Waals surface area contributed by atoms with Crippen molar-refractivity contribution in [2.45, 2.75) is 25.7 Å². The third kappa shape index (κ3) is 4.41. The Hall–Kier alpha value is -3.81. The lowest BCUT2D eigenvalue weighted by molar-refractivity contribution is -0.132. The lowest BCUT2D eigenvalue weighted by atomic mass is 10.1. The van der Waals surface area contributed by atoms with Gasteiger partial charge in [-0.2, -0.15) is 0 Å². The first-order chi connectivity index (χ1) is 16.1. The summed E-state index contributed by atoms with van der Waals surface area (Å²) in [6.07, 6.45) is 5.17. The van der Waals surface area contributed by atoms with E-state index >= 15 is 0 Å². The van der Waals surface area contributed by atoms with Crippen LogP contribution in [0, 0.1) is 0 Å². The molecule has 2 N–H and O–H groups in total. The minimum Gasteiger partial charge on any atom is -0.482 e. The van der Waals surface area contributed by atoms with E-state index in [1.807, 2.05) is 35.4 Å². The van der Waals surface area contributed by atoms with Crippen molar-refractivity contribution in [1.82, 2.24) is 9.88 Å². The number of benzene rings is 2. The molecule has 0 aliphatic carbocycles. The van der Waals surface area contributed by atoms with Gasteiger partial charge in [0, 0.05) is 35.9 Å². The molecule has 0 atom stereocenters. The molecule has 170 valence electrons. The zero-order valence-electron chi connectivity index (χ0n) is 18.3. The van der Waals surface area contributed by atoms with E-state index in [4.69, 9.17) is 4.74 Å². The van der Waals surface area contributed by atoms with Gasteiger partial charge in [-0.3, -0.25) is 19.3 Å². The van der Waals surface area contributed by atoms with Gasteiger partial charge in [0.25, 0.3) is 5.91 Å².